The third-order valence-electron chi connectivity index (χ3n) is 2.64. The Morgan fingerprint density at radius 2 is 1.88 bits per heavy atom. The number of benzene rings is 1. The molecule has 94 valence electrons. The number of hydrogen-bond acceptors (Lipinski definition) is 2. The van der Waals surface area contributed by atoms with E-state index >= 15 is 0 Å². The first-order valence-electron chi connectivity index (χ1n) is 6.28. The molecule has 3 heteroatoms. The van der Waals surface area contributed by atoms with Crippen molar-refractivity contribution in [2.75, 3.05) is 19.6 Å². The smallest absolute Gasteiger partial charge is 0.234 e. The highest BCUT2D eigenvalue weighted by molar-refractivity contribution is 5.78. The Labute approximate surface area is 104 Å². The van der Waals surface area contributed by atoms with Crippen molar-refractivity contribution in [3.05, 3.63) is 35.4 Å². The van der Waals surface area contributed by atoms with Gasteiger partial charge in [-0.25, -0.2) is 0 Å². The summed E-state index contributed by atoms with van der Waals surface area (Å²) >= 11 is 0. The zero-order chi connectivity index (χ0) is 12.7. The van der Waals surface area contributed by atoms with E-state index in [1.54, 1.807) is 0 Å². The first kappa shape index (κ1) is 13.7. The average molecular weight is 234 g/mol. The lowest BCUT2D eigenvalue weighted by atomic mass is 10.1. The number of piperazine rings is 1. The fourth-order valence-corrected chi connectivity index (χ4v) is 1.78. The van der Waals surface area contributed by atoms with E-state index in [0.29, 0.717) is 6.54 Å². The number of hydrogen-bond donors (Lipinski definition) is 1. The molecule has 1 aromatic carbocycles. The highest BCUT2D eigenvalue weighted by atomic mass is 16.2. The molecule has 1 fully saturated rings. The topological polar surface area (TPSA) is 32.3 Å². The maximum atomic E-state index is 11.2. The van der Waals surface area contributed by atoms with Crippen LogP contribution >= 0.6 is 0 Å². The van der Waals surface area contributed by atoms with Gasteiger partial charge in [-0.2, -0.15) is 0 Å². The fraction of sp³-hybridized carbons (Fsp3) is 0.500. The molecule has 1 amide bonds. The van der Waals surface area contributed by atoms with Crippen LogP contribution in [0.5, 0.6) is 0 Å². The van der Waals surface area contributed by atoms with E-state index < -0.39 is 0 Å². The molecule has 1 aliphatic rings. The van der Waals surface area contributed by atoms with E-state index in [-0.39, 0.29) is 5.91 Å². The van der Waals surface area contributed by atoms with Gasteiger partial charge in [0.2, 0.25) is 5.91 Å². The van der Waals surface area contributed by atoms with Gasteiger partial charge in [0.25, 0.3) is 0 Å². The van der Waals surface area contributed by atoms with E-state index in [2.05, 4.69) is 41.4 Å². The van der Waals surface area contributed by atoms with Crippen molar-refractivity contribution in [3.63, 3.8) is 0 Å². The zero-order valence-electron chi connectivity index (χ0n) is 11.0. The Balaban J connectivity index is 0.000000686. The Morgan fingerprint density at radius 3 is 2.47 bits per heavy atom. The largest absolute Gasteiger partial charge is 0.354 e. The lowest BCUT2D eigenvalue weighted by Crippen LogP contribution is -2.47. The molecule has 0 spiro atoms. The Hall–Kier alpha value is -1.35. The van der Waals surface area contributed by atoms with Gasteiger partial charge >= 0.3 is 0 Å². The molecule has 2 rings (SSSR count). The molecule has 0 unspecified atom stereocenters. The maximum Gasteiger partial charge on any atom is 0.234 e. The van der Waals surface area contributed by atoms with Crippen LogP contribution in [0.3, 0.4) is 0 Å². The van der Waals surface area contributed by atoms with Gasteiger partial charge in [-0.05, 0) is 12.5 Å². The SMILES string of the molecule is CC.Cc1ccc(CN2CCNC(=O)C2)cc1. The number of carbonyl (C=O) groups is 1. The summed E-state index contributed by atoms with van der Waals surface area (Å²) < 4.78 is 0. The second-order valence-corrected chi connectivity index (χ2v) is 4.05. The summed E-state index contributed by atoms with van der Waals surface area (Å²) in [6, 6.07) is 8.47. The van der Waals surface area contributed by atoms with E-state index in [4.69, 9.17) is 0 Å². The zero-order valence-corrected chi connectivity index (χ0v) is 11.0. The molecule has 0 aliphatic carbocycles. The summed E-state index contributed by atoms with van der Waals surface area (Å²) in [4.78, 5) is 13.3. The van der Waals surface area contributed by atoms with Gasteiger partial charge in [-0.1, -0.05) is 43.7 Å². The quantitative estimate of drug-likeness (QED) is 0.848. The number of amides is 1. The van der Waals surface area contributed by atoms with Gasteiger partial charge in [0.15, 0.2) is 0 Å². The molecule has 1 heterocycles. The highest BCUT2D eigenvalue weighted by Gasteiger charge is 2.15. The summed E-state index contributed by atoms with van der Waals surface area (Å²) in [6.07, 6.45) is 0. The number of nitrogens with zero attached hydrogens (tertiary/aromatic N) is 1. The summed E-state index contributed by atoms with van der Waals surface area (Å²) in [5, 5.41) is 2.83. The van der Waals surface area contributed by atoms with Crippen LogP contribution in [0.15, 0.2) is 24.3 Å². The summed E-state index contributed by atoms with van der Waals surface area (Å²) in [5.41, 5.74) is 2.55. The second-order valence-electron chi connectivity index (χ2n) is 4.05. The molecule has 3 nitrogen and oxygen atoms in total. The minimum Gasteiger partial charge on any atom is -0.354 e. The molecule has 1 N–H and O–H groups in total. The maximum absolute atomic E-state index is 11.2. The van der Waals surface area contributed by atoms with Crippen LogP contribution in [0.2, 0.25) is 0 Å². The van der Waals surface area contributed by atoms with Crippen LogP contribution in [0.25, 0.3) is 0 Å². The van der Waals surface area contributed by atoms with Crippen molar-refractivity contribution in [2.45, 2.75) is 27.3 Å². The molecule has 17 heavy (non-hydrogen) atoms. The molecule has 0 aromatic heterocycles. The van der Waals surface area contributed by atoms with Gasteiger partial charge < -0.3 is 5.32 Å². The van der Waals surface area contributed by atoms with Crippen molar-refractivity contribution in [1.82, 2.24) is 10.2 Å². The predicted molar refractivity (Wildman–Crippen MR) is 70.8 cm³/mol. The first-order chi connectivity index (χ1) is 8.24. The lowest BCUT2D eigenvalue weighted by Gasteiger charge is -2.26. The van der Waals surface area contributed by atoms with Crippen molar-refractivity contribution in [2.24, 2.45) is 0 Å². The third-order valence-corrected chi connectivity index (χ3v) is 2.64. The normalized spacial score (nSPS) is 15.8. The van der Waals surface area contributed by atoms with Crippen LogP contribution in [0.4, 0.5) is 0 Å². The number of aryl methyl sites for hydroxylation is 1. The molecular weight excluding hydrogens is 212 g/mol. The van der Waals surface area contributed by atoms with E-state index in [0.717, 1.165) is 19.6 Å². The standard InChI is InChI=1S/C12H16N2O.C2H6/c1-10-2-4-11(5-3-10)8-14-7-6-13-12(15)9-14;1-2/h2-5H,6-9H2,1H3,(H,13,15);1-2H3. The number of nitrogens with one attached hydrogen (secondary N) is 1. The van der Waals surface area contributed by atoms with Crippen molar-refractivity contribution in [1.29, 1.82) is 0 Å². The van der Waals surface area contributed by atoms with E-state index in [1.165, 1.54) is 11.1 Å². The van der Waals surface area contributed by atoms with Gasteiger partial charge in [0, 0.05) is 19.6 Å². The lowest BCUT2D eigenvalue weighted by molar-refractivity contribution is -0.124. The molecular formula is C14H22N2O. The molecule has 1 aliphatic heterocycles. The van der Waals surface area contributed by atoms with Crippen molar-refractivity contribution >= 4 is 5.91 Å². The van der Waals surface area contributed by atoms with Crippen LogP contribution in [-0.4, -0.2) is 30.4 Å². The Bertz CT molecular complexity index is 346. The van der Waals surface area contributed by atoms with Gasteiger partial charge in [0.1, 0.15) is 0 Å². The summed E-state index contributed by atoms with van der Waals surface area (Å²) in [7, 11) is 0. The monoisotopic (exact) mass is 234 g/mol. The van der Waals surface area contributed by atoms with Crippen LogP contribution in [0.1, 0.15) is 25.0 Å². The Kier molecular flexibility index (Phi) is 5.70. The highest BCUT2D eigenvalue weighted by Crippen LogP contribution is 2.07. The van der Waals surface area contributed by atoms with E-state index in [1.807, 2.05) is 13.8 Å². The minimum absolute atomic E-state index is 0.133. The van der Waals surface area contributed by atoms with Crippen molar-refractivity contribution in [3.8, 4) is 0 Å². The third kappa shape index (κ3) is 4.57. The van der Waals surface area contributed by atoms with Crippen molar-refractivity contribution < 1.29 is 4.79 Å². The van der Waals surface area contributed by atoms with Gasteiger partial charge in [-0.15, -0.1) is 0 Å². The summed E-state index contributed by atoms with van der Waals surface area (Å²) in [6.45, 7) is 9.18. The summed E-state index contributed by atoms with van der Waals surface area (Å²) in [5.74, 6) is 0.133. The molecule has 1 aromatic rings. The van der Waals surface area contributed by atoms with Crippen LogP contribution in [0, 0.1) is 6.92 Å². The molecule has 1 saturated heterocycles. The number of rotatable bonds is 2. The molecule has 0 saturated carbocycles. The average Bonchev–Trinajstić information content (AvgIpc) is 2.35. The number of carbonyl (C=O) groups excluding carboxylic acids is 1. The van der Waals surface area contributed by atoms with Crippen LogP contribution < -0.4 is 5.32 Å². The minimum atomic E-state index is 0.133. The van der Waals surface area contributed by atoms with Gasteiger partial charge in [0.05, 0.1) is 6.54 Å². The first-order valence-corrected chi connectivity index (χ1v) is 6.28. The fourth-order valence-electron chi connectivity index (χ4n) is 1.78. The van der Waals surface area contributed by atoms with E-state index in [9.17, 15) is 4.79 Å². The second kappa shape index (κ2) is 7.07. The molecule has 0 atom stereocenters. The predicted octanol–water partition coefficient (Wildman–Crippen LogP) is 1.95. The molecule has 0 bridgehead atoms. The van der Waals surface area contributed by atoms with Gasteiger partial charge in [-0.3, -0.25) is 9.69 Å². The Morgan fingerprint density at radius 1 is 1.24 bits per heavy atom. The van der Waals surface area contributed by atoms with Crippen LogP contribution in [-0.2, 0) is 11.3 Å². The molecule has 0 radical (unpaired) electrons.